The minimum atomic E-state index is -0.523. The standard InChI is InChI=1S/C12H23N3O2/c1-13-11(14-9-12(17)5-2-6-12)15-7-3-10(16)4-8-15/h10,16-17H,2-9H2,1H3,(H,13,14). The maximum atomic E-state index is 10.0. The third-order valence-corrected chi connectivity index (χ3v) is 3.84. The first-order valence-corrected chi connectivity index (χ1v) is 6.49. The van der Waals surface area contributed by atoms with Gasteiger partial charge < -0.3 is 20.4 Å². The molecule has 3 N–H and O–H groups in total. The Hall–Kier alpha value is -0.810. The SMILES string of the molecule is CN=C(NCC1(O)CCC1)N1CCC(O)CC1. The Morgan fingerprint density at radius 1 is 1.41 bits per heavy atom. The van der Waals surface area contributed by atoms with Gasteiger partial charge in [-0.25, -0.2) is 0 Å². The largest absolute Gasteiger partial charge is 0.393 e. The highest BCUT2D eigenvalue weighted by molar-refractivity contribution is 5.80. The van der Waals surface area contributed by atoms with Gasteiger partial charge in [0.05, 0.1) is 11.7 Å². The highest BCUT2D eigenvalue weighted by Crippen LogP contribution is 2.30. The molecule has 0 radical (unpaired) electrons. The summed E-state index contributed by atoms with van der Waals surface area (Å²) in [6.07, 6.45) is 4.31. The number of rotatable bonds is 2. The molecule has 1 heterocycles. The molecule has 17 heavy (non-hydrogen) atoms. The van der Waals surface area contributed by atoms with Crippen LogP contribution in [-0.2, 0) is 0 Å². The number of aliphatic hydroxyl groups is 2. The molecule has 0 atom stereocenters. The zero-order valence-electron chi connectivity index (χ0n) is 10.5. The average molecular weight is 241 g/mol. The smallest absolute Gasteiger partial charge is 0.193 e. The lowest BCUT2D eigenvalue weighted by Gasteiger charge is -2.39. The molecule has 1 aliphatic heterocycles. The topological polar surface area (TPSA) is 68.1 Å². The van der Waals surface area contributed by atoms with Gasteiger partial charge in [-0.3, -0.25) is 4.99 Å². The Labute approximate surface area is 103 Å². The van der Waals surface area contributed by atoms with E-state index in [-0.39, 0.29) is 6.10 Å². The van der Waals surface area contributed by atoms with Crippen LogP contribution in [0.15, 0.2) is 4.99 Å². The molecule has 0 aromatic heterocycles. The van der Waals surface area contributed by atoms with Crippen LogP contribution in [0, 0.1) is 0 Å². The Morgan fingerprint density at radius 2 is 2.06 bits per heavy atom. The summed E-state index contributed by atoms with van der Waals surface area (Å²) < 4.78 is 0. The first kappa shape index (κ1) is 12.6. The number of nitrogens with one attached hydrogen (secondary N) is 1. The molecule has 0 bridgehead atoms. The zero-order valence-corrected chi connectivity index (χ0v) is 10.5. The Balaban J connectivity index is 1.80. The molecular weight excluding hydrogens is 218 g/mol. The summed E-state index contributed by atoms with van der Waals surface area (Å²) in [5, 5.41) is 22.7. The summed E-state index contributed by atoms with van der Waals surface area (Å²) in [5.41, 5.74) is -0.523. The van der Waals surface area contributed by atoms with E-state index in [1.165, 1.54) is 0 Å². The molecule has 1 saturated heterocycles. The fourth-order valence-corrected chi connectivity index (χ4v) is 2.42. The Kier molecular flexibility index (Phi) is 3.89. The van der Waals surface area contributed by atoms with Crippen molar-refractivity contribution in [3.63, 3.8) is 0 Å². The van der Waals surface area contributed by atoms with Crippen molar-refractivity contribution in [2.45, 2.75) is 43.8 Å². The zero-order chi connectivity index (χ0) is 12.3. The normalized spacial score (nSPS) is 25.6. The average Bonchev–Trinajstić information content (AvgIpc) is 2.30. The van der Waals surface area contributed by atoms with Gasteiger partial charge in [0.15, 0.2) is 5.96 Å². The van der Waals surface area contributed by atoms with Gasteiger partial charge in [0.2, 0.25) is 0 Å². The fraction of sp³-hybridized carbons (Fsp3) is 0.917. The number of piperidine rings is 1. The lowest BCUT2D eigenvalue weighted by Crippen LogP contribution is -2.53. The molecule has 1 saturated carbocycles. The molecule has 1 aliphatic carbocycles. The van der Waals surface area contributed by atoms with Crippen molar-refractivity contribution in [1.82, 2.24) is 10.2 Å². The highest BCUT2D eigenvalue weighted by atomic mass is 16.3. The predicted molar refractivity (Wildman–Crippen MR) is 67.0 cm³/mol. The summed E-state index contributed by atoms with van der Waals surface area (Å²) in [5.74, 6) is 0.845. The number of hydrogen-bond donors (Lipinski definition) is 3. The predicted octanol–water partition coefficient (Wildman–Crippen LogP) is -0.0665. The van der Waals surface area contributed by atoms with E-state index in [1.54, 1.807) is 7.05 Å². The minimum Gasteiger partial charge on any atom is -0.393 e. The van der Waals surface area contributed by atoms with Crippen molar-refractivity contribution in [2.75, 3.05) is 26.7 Å². The van der Waals surface area contributed by atoms with E-state index in [2.05, 4.69) is 15.2 Å². The van der Waals surface area contributed by atoms with Gasteiger partial charge in [-0.2, -0.15) is 0 Å². The maximum absolute atomic E-state index is 10.0. The van der Waals surface area contributed by atoms with E-state index >= 15 is 0 Å². The van der Waals surface area contributed by atoms with E-state index in [4.69, 9.17) is 0 Å². The Morgan fingerprint density at radius 3 is 2.53 bits per heavy atom. The van der Waals surface area contributed by atoms with Crippen LogP contribution in [0.25, 0.3) is 0 Å². The van der Waals surface area contributed by atoms with Crippen LogP contribution in [0.1, 0.15) is 32.1 Å². The molecule has 2 rings (SSSR count). The van der Waals surface area contributed by atoms with Crippen LogP contribution in [0.2, 0.25) is 0 Å². The van der Waals surface area contributed by atoms with Gasteiger partial charge in [-0.15, -0.1) is 0 Å². The third-order valence-electron chi connectivity index (χ3n) is 3.84. The molecule has 0 amide bonds. The third kappa shape index (κ3) is 3.10. The maximum Gasteiger partial charge on any atom is 0.193 e. The van der Waals surface area contributed by atoms with Gasteiger partial charge >= 0.3 is 0 Å². The summed E-state index contributed by atoms with van der Waals surface area (Å²) in [4.78, 5) is 6.38. The van der Waals surface area contributed by atoms with Gasteiger partial charge in [0.1, 0.15) is 0 Å². The molecule has 2 aliphatic rings. The Bertz CT molecular complexity index is 281. The fourth-order valence-electron chi connectivity index (χ4n) is 2.42. The van der Waals surface area contributed by atoms with Crippen LogP contribution in [0.5, 0.6) is 0 Å². The van der Waals surface area contributed by atoms with E-state index in [1.807, 2.05) is 0 Å². The molecule has 0 aromatic rings. The number of likely N-dealkylation sites (tertiary alicyclic amines) is 1. The number of nitrogens with zero attached hydrogens (tertiary/aromatic N) is 2. The molecule has 0 aromatic carbocycles. The molecule has 0 unspecified atom stereocenters. The molecular formula is C12H23N3O2. The second kappa shape index (κ2) is 5.23. The van der Waals surface area contributed by atoms with E-state index in [0.29, 0.717) is 6.54 Å². The van der Waals surface area contributed by atoms with Gasteiger partial charge in [-0.05, 0) is 32.1 Å². The first-order valence-electron chi connectivity index (χ1n) is 6.49. The van der Waals surface area contributed by atoms with Crippen molar-refractivity contribution in [1.29, 1.82) is 0 Å². The van der Waals surface area contributed by atoms with Gasteiger partial charge in [-0.1, -0.05) is 0 Å². The van der Waals surface area contributed by atoms with Crippen LogP contribution in [0.4, 0.5) is 0 Å². The minimum absolute atomic E-state index is 0.167. The molecule has 98 valence electrons. The van der Waals surface area contributed by atoms with Gasteiger partial charge in [0.25, 0.3) is 0 Å². The first-order chi connectivity index (χ1) is 8.13. The summed E-state index contributed by atoms with van der Waals surface area (Å²) >= 11 is 0. The molecule has 5 nitrogen and oxygen atoms in total. The van der Waals surface area contributed by atoms with E-state index in [9.17, 15) is 10.2 Å². The number of guanidine groups is 1. The molecule has 2 fully saturated rings. The second-order valence-electron chi connectivity index (χ2n) is 5.20. The van der Waals surface area contributed by atoms with Gasteiger partial charge in [0, 0.05) is 26.7 Å². The van der Waals surface area contributed by atoms with Crippen molar-refractivity contribution in [3.05, 3.63) is 0 Å². The van der Waals surface area contributed by atoms with Crippen molar-refractivity contribution in [2.24, 2.45) is 4.99 Å². The summed E-state index contributed by atoms with van der Waals surface area (Å²) in [7, 11) is 1.76. The van der Waals surface area contributed by atoms with E-state index < -0.39 is 5.60 Å². The van der Waals surface area contributed by atoms with Crippen LogP contribution >= 0.6 is 0 Å². The van der Waals surface area contributed by atoms with Crippen molar-refractivity contribution >= 4 is 5.96 Å². The number of aliphatic hydroxyl groups excluding tert-OH is 1. The van der Waals surface area contributed by atoms with E-state index in [0.717, 1.165) is 51.2 Å². The van der Waals surface area contributed by atoms with Crippen molar-refractivity contribution < 1.29 is 10.2 Å². The number of aliphatic imine (C=N–C) groups is 1. The quantitative estimate of drug-likeness (QED) is 0.468. The highest BCUT2D eigenvalue weighted by Gasteiger charge is 2.34. The summed E-state index contributed by atoms with van der Waals surface area (Å²) in [6.45, 7) is 2.25. The lowest BCUT2D eigenvalue weighted by atomic mass is 9.80. The van der Waals surface area contributed by atoms with Crippen LogP contribution < -0.4 is 5.32 Å². The second-order valence-corrected chi connectivity index (χ2v) is 5.20. The molecule has 0 spiro atoms. The number of hydrogen-bond acceptors (Lipinski definition) is 3. The van der Waals surface area contributed by atoms with Crippen LogP contribution in [-0.4, -0.2) is 59.5 Å². The monoisotopic (exact) mass is 241 g/mol. The van der Waals surface area contributed by atoms with Crippen LogP contribution in [0.3, 0.4) is 0 Å². The lowest BCUT2D eigenvalue weighted by molar-refractivity contribution is -0.0284. The summed E-state index contributed by atoms with van der Waals surface area (Å²) in [6, 6.07) is 0. The van der Waals surface area contributed by atoms with Crippen molar-refractivity contribution in [3.8, 4) is 0 Å². The molecule has 5 heteroatoms.